The molecule has 2 amide bonds. The van der Waals surface area contributed by atoms with Crippen molar-refractivity contribution in [1.29, 1.82) is 0 Å². The standard InChI is InChI=1S/C19H16ClN3O2/c20-13-5-7-14(8-6-13)22-18(24)12-10-23(11-12)19(25)16-9-21-17-4-2-1-3-15(16)17/h1-9,12,21H,10-11H2,(H,22,24). The lowest BCUT2D eigenvalue weighted by molar-refractivity contribution is -0.123. The predicted octanol–water partition coefficient (Wildman–Crippen LogP) is 3.53. The molecule has 126 valence electrons. The molecule has 2 heterocycles. The summed E-state index contributed by atoms with van der Waals surface area (Å²) in [7, 11) is 0. The Labute approximate surface area is 149 Å². The van der Waals surface area contributed by atoms with E-state index in [1.807, 2.05) is 24.3 Å². The van der Waals surface area contributed by atoms with Crippen LogP contribution < -0.4 is 5.32 Å². The van der Waals surface area contributed by atoms with Crippen LogP contribution in [-0.2, 0) is 4.79 Å². The lowest BCUT2D eigenvalue weighted by Crippen LogP contribution is -2.54. The van der Waals surface area contributed by atoms with Gasteiger partial charge in [-0.3, -0.25) is 9.59 Å². The van der Waals surface area contributed by atoms with E-state index < -0.39 is 0 Å². The van der Waals surface area contributed by atoms with E-state index in [0.29, 0.717) is 29.4 Å². The molecular weight excluding hydrogens is 338 g/mol. The molecule has 2 aromatic carbocycles. The smallest absolute Gasteiger partial charge is 0.256 e. The van der Waals surface area contributed by atoms with Crippen LogP contribution in [0.15, 0.2) is 54.7 Å². The second kappa shape index (κ2) is 6.26. The summed E-state index contributed by atoms with van der Waals surface area (Å²) in [5.74, 6) is -0.317. The number of amides is 2. The van der Waals surface area contributed by atoms with Crippen molar-refractivity contribution in [1.82, 2.24) is 9.88 Å². The average molecular weight is 354 g/mol. The zero-order valence-corrected chi connectivity index (χ0v) is 14.1. The van der Waals surface area contributed by atoms with Crippen LogP contribution in [-0.4, -0.2) is 34.8 Å². The SMILES string of the molecule is O=C(Nc1ccc(Cl)cc1)C1CN(C(=O)c2c[nH]c3ccccc23)C1. The van der Waals surface area contributed by atoms with E-state index >= 15 is 0 Å². The van der Waals surface area contributed by atoms with Gasteiger partial charge in [-0.25, -0.2) is 0 Å². The molecule has 0 radical (unpaired) electrons. The van der Waals surface area contributed by atoms with Crippen molar-refractivity contribution in [3.63, 3.8) is 0 Å². The lowest BCUT2D eigenvalue weighted by atomic mass is 9.97. The predicted molar refractivity (Wildman–Crippen MR) is 97.8 cm³/mol. The van der Waals surface area contributed by atoms with Gasteiger partial charge in [-0.1, -0.05) is 29.8 Å². The number of nitrogens with zero attached hydrogens (tertiary/aromatic N) is 1. The summed E-state index contributed by atoms with van der Waals surface area (Å²) in [6.07, 6.45) is 1.73. The van der Waals surface area contributed by atoms with Crippen molar-refractivity contribution in [2.24, 2.45) is 5.92 Å². The molecule has 0 aliphatic carbocycles. The summed E-state index contributed by atoms with van der Waals surface area (Å²) in [4.78, 5) is 29.7. The Balaban J connectivity index is 1.39. The van der Waals surface area contributed by atoms with Gasteiger partial charge in [-0.15, -0.1) is 0 Å². The number of para-hydroxylation sites is 1. The second-order valence-electron chi connectivity index (χ2n) is 6.15. The molecule has 1 saturated heterocycles. The minimum absolute atomic E-state index is 0.0482. The molecule has 1 aliphatic rings. The average Bonchev–Trinajstić information content (AvgIpc) is 2.99. The zero-order chi connectivity index (χ0) is 17.4. The van der Waals surface area contributed by atoms with Gasteiger partial charge in [0.2, 0.25) is 5.91 Å². The van der Waals surface area contributed by atoms with Crippen LogP contribution in [0, 0.1) is 5.92 Å². The normalized spacial score (nSPS) is 14.4. The van der Waals surface area contributed by atoms with Gasteiger partial charge in [-0.2, -0.15) is 0 Å². The zero-order valence-electron chi connectivity index (χ0n) is 13.3. The number of halogens is 1. The Bertz CT molecular complexity index is 943. The minimum Gasteiger partial charge on any atom is -0.360 e. The summed E-state index contributed by atoms with van der Waals surface area (Å²) in [5, 5.41) is 4.38. The summed E-state index contributed by atoms with van der Waals surface area (Å²) >= 11 is 5.83. The van der Waals surface area contributed by atoms with E-state index in [1.54, 1.807) is 35.4 Å². The van der Waals surface area contributed by atoms with Crippen LogP contribution in [0.4, 0.5) is 5.69 Å². The number of carbonyl (C=O) groups excluding carboxylic acids is 2. The first-order valence-corrected chi connectivity index (χ1v) is 8.41. The summed E-state index contributed by atoms with van der Waals surface area (Å²) < 4.78 is 0. The number of rotatable bonds is 3. The molecule has 0 saturated carbocycles. The molecule has 1 aromatic heterocycles. The number of aromatic amines is 1. The van der Waals surface area contributed by atoms with E-state index in [-0.39, 0.29) is 17.7 Å². The van der Waals surface area contributed by atoms with Gasteiger partial charge in [0.15, 0.2) is 0 Å². The number of fused-ring (bicyclic) bond motifs is 1. The molecular formula is C19H16ClN3O2. The molecule has 1 fully saturated rings. The Hall–Kier alpha value is -2.79. The number of anilines is 1. The van der Waals surface area contributed by atoms with Gasteiger partial charge < -0.3 is 15.2 Å². The lowest BCUT2D eigenvalue weighted by Gasteiger charge is -2.38. The second-order valence-corrected chi connectivity index (χ2v) is 6.59. The Morgan fingerprint density at radius 2 is 1.80 bits per heavy atom. The van der Waals surface area contributed by atoms with Crippen LogP contribution in [0.25, 0.3) is 10.9 Å². The molecule has 4 rings (SSSR count). The Kier molecular flexibility index (Phi) is 3.93. The van der Waals surface area contributed by atoms with E-state index in [2.05, 4.69) is 10.3 Å². The fourth-order valence-corrected chi connectivity index (χ4v) is 3.13. The maximum absolute atomic E-state index is 12.6. The molecule has 2 N–H and O–H groups in total. The Morgan fingerprint density at radius 3 is 2.56 bits per heavy atom. The third-order valence-corrected chi connectivity index (χ3v) is 4.72. The molecule has 1 aliphatic heterocycles. The molecule has 0 unspecified atom stereocenters. The highest BCUT2D eigenvalue weighted by Crippen LogP contribution is 2.25. The fourth-order valence-electron chi connectivity index (χ4n) is 3.01. The van der Waals surface area contributed by atoms with Gasteiger partial charge in [0.1, 0.15) is 0 Å². The maximum Gasteiger partial charge on any atom is 0.256 e. The van der Waals surface area contributed by atoms with Crippen molar-refractivity contribution in [2.75, 3.05) is 18.4 Å². The number of likely N-dealkylation sites (tertiary alicyclic amines) is 1. The molecule has 5 nitrogen and oxygen atoms in total. The molecule has 25 heavy (non-hydrogen) atoms. The van der Waals surface area contributed by atoms with E-state index in [9.17, 15) is 9.59 Å². The van der Waals surface area contributed by atoms with Gasteiger partial charge in [0, 0.05) is 40.9 Å². The summed E-state index contributed by atoms with van der Waals surface area (Å²) in [6.45, 7) is 0.857. The third-order valence-electron chi connectivity index (χ3n) is 4.47. The maximum atomic E-state index is 12.6. The minimum atomic E-state index is -0.190. The van der Waals surface area contributed by atoms with Crippen LogP contribution in [0.1, 0.15) is 10.4 Å². The van der Waals surface area contributed by atoms with Crippen molar-refractivity contribution in [3.05, 3.63) is 65.3 Å². The quantitative estimate of drug-likeness (QED) is 0.756. The first kappa shape index (κ1) is 15.7. The number of benzene rings is 2. The van der Waals surface area contributed by atoms with E-state index in [4.69, 9.17) is 11.6 Å². The van der Waals surface area contributed by atoms with E-state index in [1.165, 1.54) is 0 Å². The highest BCUT2D eigenvalue weighted by Gasteiger charge is 2.36. The molecule has 0 atom stereocenters. The third kappa shape index (κ3) is 2.98. The van der Waals surface area contributed by atoms with Crippen molar-refractivity contribution in [3.8, 4) is 0 Å². The first-order valence-electron chi connectivity index (χ1n) is 8.03. The first-order chi connectivity index (χ1) is 12.1. The summed E-state index contributed by atoms with van der Waals surface area (Å²) in [6, 6.07) is 14.7. The summed E-state index contributed by atoms with van der Waals surface area (Å²) in [5.41, 5.74) is 2.28. The van der Waals surface area contributed by atoms with Crippen LogP contribution >= 0.6 is 11.6 Å². The fraction of sp³-hybridized carbons (Fsp3) is 0.158. The topological polar surface area (TPSA) is 65.2 Å². The van der Waals surface area contributed by atoms with Gasteiger partial charge in [0.05, 0.1) is 11.5 Å². The van der Waals surface area contributed by atoms with Gasteiger partial charge in [0.25, 0.3) is 5.91 Å². The number of carbonyl (C=O) groups is 2. The number of aromatic nitrogens is 1. The highest BCUT2D eigenvalue weighted by molar-refractivity contribution is 6.30. The van der Waals surface area contributed by atoms with Crippen molar-refractivity contribution < 1.29 is 9.59 Å². The highest BCUT2D eigenvalue weighted by atomic mass is 35.5. The van der Waals surface area contributed by atoms with E-state index in [0.717, 1.165) is 10.9 Å². The largest absolute Gasteiger partial charge is 0.360 e. The molecule has 3 aromatic rings. The van der Waals surface area contributed by atoms with Crippen molar-refractivity contribution >= 4 is 40.0 Å². The molecule has 0 bridgehead atoms. The number of H-pyrrole nitrogens is 1. The van der Waals surface area contributed by atoms with Crippen LogP contribution in [0.5, 0.6) is 0 Å². The number of hydrogen-bond acceptors (Lipinski definition) is 2. The Morgan fingerprint density at radius 1 is 1.08 bits per heavy atom. The van der Waals surface area contributed by atoms with Crippen LogP contribution in [0.2, 0.25) is 5.02 Å². The number of hydrogen-bond donors (Lipinski definition) is 2. The number of nitrogens with one attached hydrogen (secondary N) is 2. The van der Waals surface area contributed by atoms with Crippen LogP contribution in [0.3, 0.4) is 0 Å². The van der Waals surface area contributed by atoms with Gasteiger partial charge >= 0.3 is 0 Å². The molecule has 0 spiro atoms. The van der Waals surface area contributed by atoms with Gasteiger partial charge in [-0.05, 0) is 30.3 Å². The monoisotopic (exact) mass is 353 g/mol. The van der Waals surface area contributed by atoms with Crippen molar-refractivity contribution in [2.45, 2.75) is 0 Å². The molecule has 6 heteroatoms.